The number of furan rings is 1. The fraction of sp³-hybridized carbons (Fsp3) is 0.240. The maximum Gasteiger partial charge on any atom is 0.287 e. The molecule has 0 unspecified atom stereocenters. The van der Waals surface area contributed by atoms with E-state index < -0.39 is 0 Å². The summed E-state index contributed by atoms with van der Waals surface area (Å²) in [7, 11) is 0. The number of benzene rings is 2. The van der Waals surface area contributed by atoms with E-state index >= 15 is 0 Å². The van der Waals surface area contributed by atoms with Crippen LogP contribution in [0.25, 0.3) is 0 Å². The van der Waals surface area contributed by atoms with E-state index in [0.717, 1.165) is 27.6 Å². The van der Waals surface area contributed by atoms with Crippen molar-refractivity contribution < 1.29 is 23.5 Å². The summed E-state index contributed by atoms with van der Waals surface area (Å²) >= 11 is 3.36. The van der Waals surface area contributed by atoms with E-state index in [9.17, 15) is 9.59 Å². The molecule has 9 heteroatoms. The smallest absolute Gasteiger partial charge is 0.287 e. The minimum Gasteiger partial charge on any atom is -0.455 e. The summed E-state index contributed by atoms with van der Waals surface area (Å²) in [6, 6.07) is 12.6. The Balaban J connectivity index is 1.30. The van der Waals surface area contributed by atoms with Crippen LogP contribution in [-0.4, -0.2) is 24.3 Å². The van der Waals surface area contributed by atoms with Crippen molar-refractivity contribution in [1.82, 2.24) is 10.7 Å². The molecule has 0 fully saturated rings. The first-order chi connectivity index (χ1) is 16.5. The molecule has 0 atom stereocenters. The standard InChI is InChI=1S/C25H22BrN3O5/c1-14-22-18(28-29-24(30)16-6-8-17(26)9-7-16)3-2-4-20(22)34-23(14)25(31)27-12-15-5-10-19-21(11-15)33-13-32-19/h5-11H,2-4,12-13H2,1H3,(H,27,31)(H,29,30)/b28-18+. The van der Waals surface area contributed by atoms with E-state index in [-0.39, 0.29) is 24.4 Å². The second-order valence-electron chi connectivity index (χ2n) is 8.08. The number of hydrogen-bond donors (Lipinski definition) is 2. The summed E-state index contributed by atoms with van der Waals surface area (Å²) in [5, 5.41) is 7.28. The molecule has 2 aliphatic rings. The average molecular weight is 524 g/mol. The predicted molar refractivity (Wildman–Crippen MR) is 128 cm³/mol. The maximum atomic E-state index is 12.9. The van der Waals surface area contributed by atoms with Crippen molar-refractivity contribution >= 4 is 33.5 Å². The summed E-state index contributed by atoms with van der Waals surface area (Å²) < 4.78 is 17.5. The molecule has 1 aliphatic carbocycles. The van der Waals surface area contributed by atoms with Gasteiger partial charge in [0, 0.05) is 34.1 Å². The van der Waals surface area contributed by atoms with E-state index in [2.05, 4.69) is 31.8 Å². The molecule has 0 bridgehead atoms. The summed E-state index contributed by atoms with van der Waals surface area (Å²) in [6.07, 6.45) is 2.22. The monoisotopic (exact) mass is 523 g/mol. The van der Waals surface area contributed by atoms with E-state index in [1.54, 1.807) is 24.3 Å². The Bertz CT molecular complexity index is 1300. The lowest BCUT2D eigenvalue weighted by Gasteiger charge is -2.13. The zero-order valence-corrected chi connectivity index (χ0v) is 20.0. The molecule has 1 aliphatic heterocycles. The van der Waals surface area contributed by atoms with Crippen LogP contribution in [0.1, 0.15) is 56.2 Å². The minimum absolute atomic E-state index is 0.204. The molecule has 2 heterocycles. The van der Waals surface area contributed by atoms with Crippen molar-refractivity contribution in [1.29, 1.82) is 0 Å². The lowest BCUT2D eigenvalue weighted by atomic mass is 9.93. The minimum atomic E-state index is -0.303. The number of halogens is 1. The second kappa shape index (κ2) is 9.34. The average Bonchev–Trinajstić information content (AvgIpc) is 3.45. The van der Waals surface area contributed by atoms with Crippen molar-refractivity contribution in [2.24, 2.45) is 5.10 Å². The first-order valence-corrected chi connectivity index (χ1v) is 11.7. The van der Waals surface area contributed by atoms with Crippen LogP contribution in [-0.2, 0) is 13.0 Å². The largest absolute Gasteiger partial charge is 0.455 e. The van der Waals surface area contributed by atoms with Crippen LogP contribution in [0.5, 0.6) is 11.5 Å². The summed E-state index contributed by atoms with van der Waals surface area (Å²) in [5.41, 5.74) is 6.26. The van der Waals surface area contributed by atoms with E-state index in [0.29, 0.717) is 47.9 Å². The molecule has 1 aromatic heterocycles. The molecule has 3 aromatic rings. The number of amides is 2. The molecular formula is C25H22BrN3O5. The number of rotatable bonds is 5. The lowest BCUT2D eigenvalue weighted by molar-refractivity contribution is 0.0919. The van der Waals surface area contributed by atoms with Crippen molar-refractivity contribution in [3.8, 4) is 11.5 Å². The van der Waals surface area contributed by atoms with Crippen LogP contribution in [0.4, 0.5) is 0 Å². The zero-order valence-electron chi connectivity index (χ0n) is 18.4. The molecule has 2 amide bonds. The van der Waals surface area contributed by atoms with Gasteiger partial charge >= 0.3 is 0 Å². The number of nitrogens with zero attached hydrogens (tertiary/aromatic N) is 1. The highest BCUT2D eigenvalue weighted by molar-refractivity contribution is 9.10. The van der Waals surface area contributed by atoms with Gasteiger partial charge in [-0.1, -0.05) is 22.0 Å². The van der Waals surface area contributed by atoms with Crippen molar-refractivity contribution in [3.63, 3.8) is 0 Å². The normalized spacial score (nSPS) is 15.2. The summed E-state index contributed by atoms with van der Waals surface area (Å²) in [5.74, 6) is 1.75. The molecule has 0 saturated heterocycles. The molecule has 174 valence electrons. The van der Waals surface area contributed by atoms with Gasteiger partial charge in [0.2, 0.25) is 6.79 Å². The molecular weight excluding hydrogens is 502 g/mol. The molecule has 5 rings (SSSR count). The number of nitrogens with one attached hydrogen (secondary N) is 2. The van der Waals surface area contributed by atoms with Crippen LogP contribution >= 0.6 is 15.9 Å². The van der Waals surface area contributed by atoms with Crippen LogP contribution in [0, 0.1) is 6.92 Å². The molecule has 2 aromatic carbocycles. The number of carbonyl (C=O) groups excluding carboxylic acids is 2. The molecule has 34 heavy (non-hydrogen) atoms. The van der Waals surface area contributed by atoms with Crippen LogP contribution in [0.2, 0.25) is 0 Å². The Hall–Kier alpha value is -3.59. The van der Waals surface area contributed by atoms with Crippen LogP contribution in [0.3, 0.4) is 0 Å². The molecule has 2 N–H and O–H groups in total. The van der Waals surface area contributed by atoms with Gasteiger partial charge in [-0.05, 0) is 61.7 Å². The highest BCUT2D eigenvalue weighted by Gasteiger charge is 2.28. The molecule has 0 radical (unpaired) electrons. The Morgan fingerprint density at radius 3 is 2.65 bits per heavy atom. The highest BCUT2D eigenvalue weighted by Crippen LogP contribution is 2.33. The Kier molecular flexibility index (Phi) is 6.10. The Labute approximate surface area is 204 Å². The third kappa shape index (κ3) is 4.43. The van der Waals surface area contributed by atoms with Crippen molar-refractivity contribution in [2.75, 3.05) is 6.79 Å². The van der Waals surface area contributed by atoms with Crippen molar-refractivity contribution in [3.05, 3.63) is 80.7 Å². The quantitative estimate of drug-likeness (QED) is 0.480. The van der Waals surface area contributed by atoms with Gasteiger partial charge in [-0.25, -0.2) is 5.43 Å². The van der Waals surface area contributed by atoms with E-state index in [1.807, 2.05) is 25.1 Å². The first-order valence-electron chi connectivity index (χ1n) is 10.9. The third-order valence-corrected chi connectivity index (χ3v) is 6.35. The molecule has 8 nitrogen and oxygen atoms in total. The van der Waals surface area contributed by atoms with Gasteiger partial charge in [0.15, 0.2) is 17.3 Å². The van der Waals surface area contributed by atoms with Gasteiger partial charge in [-0.3, -0.25) is 9.59 Å². The molecule has 0 saturated carbocycles. The van der Waals surface area contributed by atoms with Gasteiger partial charge < -0.3 is 19.2 Å². The topological polar surface area (TPSA) is 102 Å². The summed E-state index contributed by atoms with van der Waals surface area (Å²) in [4.78, 5) is 25.4. The predicted octanol–water partition coefficient (Wildman–Crippen LogP) is 4.48. The van der Waals surface area contributed by atoms with Crippen molar-refractivity contribution in [2.45, 2.75) is 32.7 Å². The van der Waals surface area contributed by atoms with Gasteiger partial charge in [0.1, 0.15) is 5.76 Å². The van der Waals surface area contributed by atoms with Gasteiger partial charge in [0.25, 0.3) is 11.8 Å². The number of carbonyl (C=O) groups is 2. The zero-order chi connectivity index (χ0) is 23.7. The second-order valence-corrected chi connectivity index (χ2v) is 9.00. The maximum absolute atomic E-state index is 12.9. The van der Waals surface area contributed by atoms with Gasteiger partial charge in [-0.2, -0.15) is 5.10 Å². The van der Waals surface area contributed by atoms with Gasteiger partial charge in [-0.15, -0.1) is 0 Å². The molecule has 0 spiro atoms. The fourth-order valence-electron chi connectivity index (χ4n) is 4.09. The summed E-state index contributed by atoms with van der Waals surface area (Å²) in [6.45, 7) is 2.37. The van der Waals surface area contributed by atoms with E-state index in [4.69, 9.17) is 13.9 Å². The number of aryl methyl sites for hydroxylation is 1. The lowest BCUT2D eigenvalue weighted by Crippen LogP contribution is -2.23. The van der Waals surface area contributed by atoms with E-state index in [1.165, 1.54) is 0 Å². The number of ether oxygens (including phenoxy) is 2. The third-order valence-electron chi connectivity index (χ3n) is 5.82. The van der Waals surface area contributed by atoms with Gasteiger partial charge in [0.05, 0.1) is 5.71 Å². The Morgan fingerprint density at radius 1 is 1.03 bits per heavy atom. The number of hydrogen-bond acceptors (Lipinski definition) is 6. The SMILES string of the molecule is Cc1c(C(=O)NCc2ccc3c(c2)OCO3)oc2c1/C(=N/NC(=O)c1ccc(Br)cc1)CCC2. The first kappa shape index (κ1) is 22.2. The van der Waals surface area contributed by atoms with Crippen LogP contribution in [0.15, 0.2) is 56.5 Å². The number of fused-ring (bicyclic) bond motifs is 2. The number of hydrazone groups is 1. The fourth-order valence-corrected chi connectivity index (χ4v) is 4.36. The highest BCUT2D eigenvalue weighted by atomic mass is 79.9. The van der Waals surface area contributed by atoms with Crippen LogP contribution < -0.4 is 20.2 Å². The Morgan fingerprint density at radius 2 is 1.82 bits per heavy atom.